The highest BCUT2D eigenvalue weighted by Gasteiger charge is 2.35. The molecule has 1 aromatic carbocycles. The Morgan fingerprint density at radius 1 is 1.35 bits per heavy atom. The summed E-state index contributed by atoms with van der Waals surface area (Å²) in [5.41, 5.74) is 0.00276. The van der Waals surface area contributed by atoms with E-state index in [1.54, 1.807) is 20.0 Å². The molecule has 1 rings (SSSR count). The quantitative estimate of drug-likeness (QED) is 0.845. The van der Waals surface area contributed by atoms with Crippen molar-refractivity contribution in [1.29, 1.82) is 0 Å². The second-order valence-corrected chi connectivity index (χ2v) is 4.77. The van der Waals surface area contributed by atoms with E-state index in [1.165, 1.54) is 17.0 Å². The van der Waals surface area contributed by atoms with Gasteiger partial charge in [0.1, 0.15) is 0 Å². The van der Waals surface area contributed by atoms with Crippen LogP contribution in [0.5, 0.6) is 0 Å². The van der Waals surface area contributed by atoms with Crippen molar-refractivity contribution in [3.05, 3.63) is 29.3 Å². The molecule has 0 heterocycles. The van der Waals surface area contributed by atoms with E-state index in [1.807, 2.05) is 6.92 Å². The zero-order valence-corrected chi connectivity index (χ0v) is 12.0. The minimum Gasteiger partial charge on any atom is -0.394 e. The van der Waals surface area contributed by atoms with Gasteiger partial charge in [-0.05, 0) is 31.2 Å². The van der Waals surface area contributed by atoms with Crippen LogP contribution >= 0.6 is 0 Å². The lowest BCUT2D eigenvalue weighted by Gasteiger charge is -2.28. The molecule has 0 fully saturated rings. The standard InChI is InChI=1S/C14H21F3N2O/c1-4-18-8-11-5-6-13(19(3)10(2)9-20)12(7-11)14(15,16)17/h5-7,10,18,20H,4,8-9H2,1-3H3. The van der Waals surface area contributed by atoms with Crippen LogP contribution in [0.3, 0.4) is 0 Å². The molecule has 0 saturated heterocycles. The Kier molecular flexibility index (Phi) is 5.83. The van der Waals surface area contributed by atoms with Crippen molar-refractivity contribution < 1.29 is 18.3 Å². The van der Waals surface area contributed by atoms with Gasteiger partial charge in [0.2, 0.25) is 0 Å². The Hall–Kier alpha value is -1.27. The molecule has 0 aliphatic heterocycles. The summed E-state index contributed by atoms with van der Waals surface area (Å²) in [6.45, 7) is 4.47. The molecule has 3 nitrogen and oxygen atoms in total. The van der Waals surface area contributed by atoms with Crippen LogP contribution < -0.4 is 10.2 Å². The fourth-order valence-corrected chi connectivity index (χ4v) is 1.86. The zero-order valence-electron chi connectivity index (χ0n) is 12.0. The number of benzene rings is 1. The summed E-state index contributed by atoms with van der Waals surface area (Å²) in [5, 5.41) is 12.1. The number of halogens is 3. The first-order valence-corrected chi connectivity index (χ1v) is 6.55. The first-order chi connectivity index (χ1) is 9.31. The summed E-state index contributed by atoms with van der Waals surface area (Å²) >= 11 is 0. The maximum atomic E-state index is 13.2. The predicted octanol–water partition coefficient (Wildman–Crippen LogP) is 2.63. The number of nitrogens with one attached hydrogen (secondary N) is 1. The number of anilines is 1. The van der Waals surface area contributed by atoms with E-state index in [4.69, 9.17) is 5.11 Å². The minimum absolute atomic E-state index is 0.0827. The van der Waals surface area contributed by atoms with Crippen LogP contribution in [0.4, 0.5) is 18.9 Å². The second kappa shape index (κ2) is 6.95. The maximum absolute atomic E-state index is 13.2. The van der Waals surface area contributed by atoms with Crippen LogP contribution in [0.25, 0.3) is 0 Å². The van der Waals surface area contributed by atoms with Crippen LogP contribution in [-0.4, -0.2) is 31.3 Å². The molecule has 1 atom stereocenters. The summed E-state index contributed by atoms with van der Waals surface area (Å²) in [5.74, 6) is 0. The first kappa shape index (κ1) is 16.8. The maximum Gasteiger partial charge on any atom is 0.418 e. The lowest BCUT2D eigenvalue weighted by molar-refractivity contribution is -0.137. The Morgan fingerprint density at radius 2 is 2.00 bits per heavy atom. The molecule has 0 amide bonds. The van der Waals surface area contributed by atoms with E-state index in [9.17, 15) is 13.2 Å². The Balaban J connectivity index is 3.17. The van der Waals surface area contributed by atoms with E-state index in [2.05, 4.69) is 5.32 Å². The highest BCUT2D eigenvalue weighted by atomic mass is 19.4. The number of hydrogen-bond donors (Lipinski definition) is 2. The molecular formula is C14H21F3N2O. The summed E-state index contributed by atoms with van der Waals surface area (Å²) in [6.07, 6.45) is -4.42. The van der Waals surface area contributed by atoms with E-state index < -0.39 is 11.7 Å². The first-order valence-electron chi connectivity index (χ1n) is 6.55. The number of aliphatic hydroxyl groups is 1. The van der Waals surface area contributed by atoms with Crippen LogP contribution in [0, 0.1) is 0 Å². The monoisotopic (exact) mass is 290 g/mol. The molecule has 1 aromatic rings. The fourth-order valence-electron chi connectivity index (χ4n) is 1.86. The topological polar surface area (TPSA) is 35.5 Å². The molecule has 2 N–H and O–H groups in total. The smallest absolute Gasteiger partial charge is 0.394 e. The minimum atomic E-state index is -4.42. The number of hydrogen-bond acceptors (Lipinski definition) is 3. The SMILES string of the molecule is CCNCc1ccc(N(C)C(C)CO)c(C(F)(F)F)c1. The van der Waals surface area contributed by atoms with Crippen LogP contribution in [0.1, 0.15) is 25.0 Å². The van der Waals surface area contributed by atoms with E-state index in [0.717, 1.165) is 0 Å². The third-order valence-corrected chi connectivity index (χ3v) is 3.25. The number of aliphatic hydroxyl groups excluding tert-OH is 1. The van der Waals surface area contributed by atoms with Crippen molar-refractivity contribution in [1.82, 2.24) is 5.32 Å². The molecule has 0 aliphatic rings. The van der Waals surface area contributed by atoms with Gasteiger partial charge in [-0.1, -0.05) is 13.0 Å². The summed E-state index contributed by atoms with van der Waals surface area (Å²) in [7, 11) is 1.55. The second-order valence-electron chi connectivity index (χ2n) is 4.77. The molecule has 1 unspecified atom stereocenters. The van der Waals surface area contributed by atoms with Crippen molar-refractivity contribution in [2.75, 3.05) is 25.1 Å². The molecular weight excluding hydrogens is 269 g/mol. The van der Waals surface area contributed by atoms with Crippen molar-refractivity contribution in [2.24, 2.45) is 0 Å². The lowest BCUT2D eigenvalue weighted by Crippen LogP contribution is -2.33. The van der Waals surface area contributed by atoms with Gasteiger partial charge >= 0.3 is 6.18 Å². The van der Waals surface area contributed by atoms with Crippen LogP contribution in [0.15, 0.2) is 18.2 Å². The Morgan fingerprint density at radius 3 is 2.50 bits per heavy atom. The van der Waals surface area contributed by atoms with Crippen molar-refractivity contribution in [3.63, 3.8) is 0 Å². The molecule has 6 heteroatoms. The van der Waals surface area contributed by atoms with Crippen LogP contribution in [-0.2, 0) is 12.7 Å². The van der Waals surface area contributed by atoms with Gasteiger partial charge in [0.15, 0.2) is 0 Å². The average molecular weight is 290 g/mol. The van der Waals surface area contributed by atoms with Crippen molar-refractivity contribution in [3.8, 4) is 0 Å². The Labute approximate surface area is 117 Å². The zero-order chi connectivity index (χ0) is 15.3. The molecule has 114 valence electrons. The summed E-state index contributed by atoms with van der Waals surface area (Å²) < 4.78 is 39.5. The summed E-state index contributed by atoms with van der Waals surface area (Å²) in [4.78, 5) is 1.44. The molecule has 20 heavy (non-hydrogen) atoms. The normalized spacial score (nSPS) is 13.3. The molecule has 0 aliphatic carbocycles. The van der Waals surface area contributed by atoms with Crippen molar-refractivity contribution in [2.45, 2.75) is 32.6 Å². The van der Waals surface area contributed by atoms with Gasteiger partial charge < -0.3 is 15.3 Å². The van der Waals surface area contributed by atoms with Gasteiger partial charge in [0.25, 0.3) is 0 Å². The van der Waals surface area contributed by atoms with Crippen molar-refractivity contribution >= 4 is 5.69 Å². The third kappa shape index (κ3) is 4.11. The van der Waals surface area contributed by atoms with Gasteiger partial charge in [-0.3, -0.25) is 0 Å². The van der Waals surface area contributed by atoms with Gasteiger partial charge in [0.05, 0.1) is 12.2 Å². The van der Waals surface area contributed by atoms with E-state index in [0.29, 0.717) is 18.7 Å². The number of nitrogens with zero attached hydrogens (tertiary/aromatic N) is 1. The Bertz CT molecular complexity index is 435. The third-order valence-electron chi connectivity index (χ3n) is 3.25. The average Bonchev–Trinajstić information content (AvgIpc) is 2.42. The number of likely N-dealkylation sites (N-methyl/N-ethyl adjacent to an activating group) is 1. The molecule has 0 saturated carbocycles. The highest BCUT2D eigenvalue weighted by molar-refractivity contribution is 5.56. The van der Waals surface area contributed by atoms with E-state index >= 15 is 0 Å². The van der Waals surface area contributed by atoms with E-state index in [-0.39, 0.29) is 18.3 Å². The molecule has 0 radical (unpaired) electrons. The summed E-state index contributed by atoms with van der Waals surface area (Å²) in [6, 6.07) is 3.92. The molecule has 0 spiro atoms. The fraction of sp³-hybridized carbons (Fsp3) is 0.571. The number of alkyl halides is 3. The molecule has 0 aromatic heterocycles. The lowest BCUT2D eigenvalue weighted by atomic mass is 10.1. The predicted molar refractivity (Wildman–Crippen MR) is 73.8 cm³/mol. The molecule has 0 bridgehead atoms. The van der Waals surface area contributed by atoms with Gasteiger partial charge in [0, 0.05) is 25.3 Å². The highest BCUT2D eigenvalue weighted by Crippen LogP contribution is 2.37. The largest absolute Gasteiger partial charge is 0.418 e. The van der Waals surface area contributed by atoms with Gasteiger partial charge in [-0.2, -0.15) is 13.2 Å². The number of rotatable bonds is 6. The van der Waals surface area contributed by atoms with Gasteiger partial charge in [-0.15, -0.1) is 0 Å². The van der Waals surface area contributed by atoms with Gasteiger partial charge in [-0.25, -0.2) is 0 Å². The van der Waals surface area contributed by atoms with Crippen LogP contribution in [0.2, 0.25) is 0 Å².